The summed E-state index contributed by atoms with van der Waals surface area (Å²) in [4.78, 5) is 0. The highest BCUT2D eigenvalue weighted by atomic mass is 16.5. The van der Waals surface area contributed by atoms with E-state index in [2.05, 4.69) is 40.2 Å². The Labute approximate surface area is 235 Å². The molecule has 0 unspecified atom stereocenters. The first-order valence-electron chi connectivity index (χ1n) is 15.3. The minimum absolute atomic E-state index is 0.0529. The Hall–Kier alpha value is -2.50. The van der Waals surface area contributed by atoms with Crippen LogP contribution >= 0.6 is 0 Å². The topological polar surface area (TPSA) is 36.9 Å². The molecule has 8 heterocycles. The number of ether oxygens (including phenoxy) is 4. The molecule has 11 rings (SSSR count). The lowest BCUT2D eigenvalue weighted by Crippen LogP contribution is -2.34. The van der Waals surface area contributed by atoms with Crippen LogP contribution in [-0.2, 0) is 18.9 Å². The molecule has 40 heavy (non-hydrogen) atoms. The molecule has 1 aromatic carbocycles. The summed E-state index contributed by atoms with van der Waals surface area (Å²) in [7, 11) is 0. The third-order valence-electron chi connectivity index (χ3n) is 13.2. The molecule has 0 aromatic heterocycles. The molecule has 8 aliphatic heterocycles. The highest BCUT2D eigenvalue weighted by Crippen LogP contribution is 2.72. The summed E-state index contributed by atoms with van der Waals surface area (Å²) in [5.41, 5.74) is 19.2. The molecular weight excluding hydrogens is 496 g/mol. The molecule has 1 aromatic rings. The SMILES string of the molecule is C=C1C(=C)[C@@H]2O[C@H]1C1=C2C[C@H]2[C@@H](C1)[C@H]1O[C@@H]2c2c1c(C)c(C)c1c2[C@@H]2O[C@H]1[C@H]1CC3=C(C[C@H]12)[C@@H]1O[C@H]3C(=C)C1=C. The van der Waals surface area contributed by atoms with Crippen molar-refractivity contribution < 1.29 is 18.9 Å². The average molecular weight is 531 g/mol. The van der Waals surface area contributed by atoms with E-state index in [0.717, 1.165) is 48.0 Å². The monoisotopic (exact) mass is 530 g/mol. The van der Waals surface area contributed by atoms with Gasteiger partial charge in [0.2, 0.25) is 0 Å². The molecule has 0 amide bonds. The van der Waals surface area contributed by atoms with E-state index in [4.69, 9.17) is 18.9 Å². The van der Waals surface area contributed by atoms with E-state index < -0.39 is 0 Å². The van der Waals surface area contributed by atoms with Crippen LogP contribution in [0.4, 0.5) is 0 Å². The van der Waals surface area contributed by atoms with Gasteiger partial charge in [0, 0.05) is 0 Å². The first-order valence-corrected chi connectivity index (χ1v) is 15.3. The smallest absolute Gasteiger partial charge is 0.105 e. The molecule has 10 aliphatic rings. The zero-order valence-electron chi connectivity index (χ0n) is 23.2. The fourth-order valence-corrected chi connectivity index (χ4v) is 11.3. The van der Waals surface area contributed by atoms with Crippen molar-refractivity contribution in [1.82, 2.24) is 0 Å². The van der Waals surface area contributed by atoms with Crippen LogP contribution in [0.1, 0.15) is 83.5 Å². The Bertz CT molecular complexity index is 1560. The minimum atomic E-state index is 0.0529. The lowest BCUT2D eigenvalue weighted by molar-refractivity contribution is 0.0444. The number of hydrogen-bond donors (Lipinski definition) is 0. The summed E-state index contributed by atoms with van der Waals surface area (Å²) in [5, 5.41) is 0. The normalized spacial score (nSPS) is 47.5. The molecule has 12 atom stereocenters. The van der Waals surface area contributed by atoms with E-state index in [9.17, 15) is 0 Å². The Morgan fingerprint density at radius 3 is 1.00 bits per heavy atom. The van der Waals surface area contributed by atoms with Crippen molar-refractivity contribution in [2.45, 2.75) is 88.4 Å². The van der Waals surface area contributed by atoms with Gasteiger partial charge in [-0.3, -0.25) is 0 Å². The third-order valence-corrected chi connectivity index (χ3v) is 13.2. The lowest BCUT2D eigenvalue weighted by atomic mass is 9.59. The fourth-order valence-electron chi connectivity index (χ4n) is 11.3. The van der Waals surface area contributed by atoms with Gasteiger partial charge in [-0.1, -0.05) is 26.3 Å². The molecule has 0 N–H and O–H groups in total. The molecule has 0 saturated carbocycles. The number of benzene rings is 1. The molecule has 202 valence electrons. The predicted molar refractivity (Wildman–Crippen MR) is 149 cm³/mol. The second kappa shape index (κ2) is 6.60. The van der Waals surface area contributed by atoms with Gasteiger partial charge in [0.05, 0.1) is 24.4 Å². The maximum absolute atomic E-state index is 7.02. The van der Waals surface area contributed by atoms with E-state index in [1.165, 1.54) is 55.7 Å². The Balaban J connectivity index is 1.02. The van der Waals surface area contributed by atoms with Crippen LogP contribution in [-0.4, -0.2) is 24.4 Å². The van der Waals surface area contributed by atoms with Gasteiger partial charge in [-0.2, -0.15) is 0 Å². The molecule has 0 spiro atoms. The molecule has 4 heteroatoms. The Morgan fingerprint density at radius 2 is 0.700 bits per heavy atom. The van der Waals surface area contributed by atoms with E-state index in [1.807, 2.05) is 0 Å². The van der Waals surface area contributed by atoms with Crippen molar-refractivity contribution in [1.29, 1.82) is 0 Å². The maximum atomic E-state index is 7.02. The fraction of sp³-hybridized carbons (Fsp3) is 0.500. The Morgan fingerprint density at radius 1 is 0.425 bits per heavy atom. The molecule has 8 bridgehead atoms. The van der Waals surface area contributed by atoms with E-state index >= 15 is 0 Å². The van der Waals surface area contributed by atoms with Gasteiger partial charge in [0.25, 0.3) is 0 Å². The van der Waals surface area contributed by atoms with Crippen LogP contribution in [0.15, 0.2) is 70.9 Å². The molecule has 4 nitrogen and oxygen atoms in total. The van der Waals surface area contributed by atoms with Gasteiger partial charge in [-0.25, -0.2) is 0 Å². The molecule has 0 radical (unpaired) electrons. The predicted octanol–water partition coefficient (Wildman–Crippen LogP) is 6.99. The highest BCUT2D eigenvalue weighted by molar-refractivity contribution is 5.63. The van der Waals surface area contributed by atoms with Gasteiger partial charge in [-0.15, -0.1) is 0 Å². The number of fused-ring (bicyclic) bond motifs is 25. The first kappa shape index (κ1) is 22.1. The summed E-state index contributed by atoms with van der Waals surface area (Å²) >= 11 is 0. The largest absolute Gasteiger partial charge is 0.365 e. The van der Waals surface area contributed by atoms with Crippen LogP contribution in [0.3, 0.4) is 0 Å². The summed E-state index contributed by atoms with van der Waals surface area (Å²) in [6.45, 7) is 22.0. The maximum Gasteiger partial charge on any atom is 0.105 e. The van der Waals surface area contributed by atoms with Crippen LogP contribution in [0, 0.1) is 37.5 Å². The summed E-state index contributed by atoms with van der Waals surface area (Å²) in [6, 6.07) is 0. The second-order valence-electron chi connectivity index (χ2n) is 14.3. The summed E-state index contributed by atoms with van der Waals surface area (Å²) in [6.07, 6.45) is 5.21. The van der Waals surface area contributed by atoms with Gasteiger partial charge in [-0.05, 0) is 141 Å². The van der Waals surface area contributed by atoms with Crippen molar-refractivity contribution in [3.8, 4) is 0 Å². The summed E-state index contributed by atoms with van der Waals surface area (Å²) < 4.78 is 26.8. The van der Waals surface area contributed by atoms with Crippen molar-refractivity contribution >= 4 is 0 Å². The van der Waals surface area contributed by atoms with Crippen LogP contribution in [0.5, 0.6) is 0 Å². The summed E-state index contributed by atoms with van der Waals surface area (Å²) in [5.74, 6) is 2.07. The second-order valence-corrected chi connectivity index (χ2v) is 14.3. The molecule has 2 aliphatic carbocycles. The van der Waals surface area contributed by atoms with Crippen molar-refractivity contribution in [3.63, 3.8) is 0 Å². The van der Waals surface area contributed by atoms with Crippen molar-refractivity contribution in [3.05, 3.63) is 104 Å². The average Bonchev–Trinajstić information content (AvgIpc) is 3.80. The minimum Gasteiger partial charge on any atom is -0.365 e. The first-order chi connectivity index (χ1) is 19.3. The molecular formula is C36H34O4. The molecule has 4 fully saturated rings. The molecule has 4 saturated heterocycles. The van der Waals surface area contributed by atoms with E-state index in [1.54, 1.807) is 0 Å². The van der Waals surface area contributed by atoms with Crippen molar-refractivity contribution in [2.24, 2.45) is 23.7 Å². The standard InChI is InChI=1S/C36H34O4/c1-11-12(2)26-28(36-24-10-20-18(8-22(24)34(26)40-36)30-14(4)16(6)32(20)38-30)27-25(11)33-21-7-17-19(9-23(21)35(27)39-33)31-15(5)13(3)29(17)37-31/h21-24,29-36H,3-10H2,1-2H3/t21-,22+,23+,24-,29-,30+,31+,32-,33-,34+,35+,36-. The van der Waals surface area contributed by atoms with Gasteiger partial charge in [0.1, 0.15) is 24.4 Å². The lowest BCUT2D eigenvalue weighted by Gasteiger charge is -2.41. The van der Waals surface area contributed by atoms with Crippen LogP contribution in [0.25, 0.3) is 0 Å². The van der Waals surface area contributed by atoms with E-state index in [0.29, 0.717) is 23.7 Å². The zero-order chi connectivity index (χ0) is 26.7. The zero-order valence-corrected chi connectivity index (χ0v) is 23.2. The third kappa shape index (κ3) is 2.11. The van der Waals surface area contributed by atoms with Crippen molar-refractivity contribution in [2.75, 3.05) is 0 Å². The van der Waals surface area contributed by atoms with Crippen LogP contribution < -0.4 is 0 Å². The van der Waals surface area contributed by atoms with Crippen LogP contribution in [0.2, 0.25) is 0 Å². The highest BCUT2D eigenvalue weighted by Gasteiger charge is 2.64. The van der Waals surface area contributed by atoms with Gasteiger partial charge in [0.15, 0.2) is 0 Å². The van der Waals surface area contributed by atoms with Gasteiger partial charge < -0.3 is 18.9 Å². The van der Waals surface area contributed by atoms with Gasteiger partial charge >= 0.3 is 0 Å². The number of rotatable bonds is 0. The number of hydrogen-bond acceptors (Lipinski definition) is 4. The van der Waals surface area contributed by atoms with E-state index in [-0.39, 0.29) is 48.8 Å². The quantitative estimate of drug-likeness (QED) is 0.339. The Kier molecular flexibility index (Phi) is 3.65.